The molecule has 5 atom stereocenters. The average molecular weight is 818 g/mol. The highest BCUT2D eigenvalue weighted by Gasteiger charge is 2.40. The van der Waals surface area contributed by atoms with Crippen molar-refractivity contribution in [2.24, 2.45) is 22.2 Å². The zero-order valence-electron chi connectivity index (χ0n) is 30.4. The van der Waals surface area contributed by atoms with Gasteiger partial charge in [-0.05, 0) is 37.3 Å². The zero-order chi connectivity index (χ0) is 40.8. The summed E-state index contributed by atoms with van der Waals surface area (Å²) in [5, 5.41) is 23.0. The molecule has 56 heavy (non-hydrogen) atoms. The number of benzene rings is 1. The molecule has 0 radical (unpaired) electrons. The van der Waals surface area contributed by atoms with Crippen LogP contribution in [0.3, 0.4) is 0 Å². The topological polar surface area (TPSA) is 326 Å². The van der Waals surface area contributed by atoms with E-state index in [1.54, 1.807) is 12.3 Å². The van der Waals surface area contributed by atoms with Crippen molar-refractivity contribution >= 4 is 85.8 Å². The Hall–Kier alpha value is -5.51. The van der Waals surface area contributed by atoms with E-state index in [4.69, 9.17) is 17.2 Å². The maximum Gasteiger partial charge on any atom is 0.305 e. The number of hydrogen-bond donors (Lipinski definition) is 10. The van der Waals surface area contributed by atoms with Gasteiger partial charge in [0.05, 0.1) is 13.0 Å². The largest absolute Gasteiger partial charge is 0.481 e. The Labute approximate surface area is 329 Å². The van der Waals surface area contributed by atoms with Gasteiger partial charge in [-0.3, -0.25) is 43.3 Å². The number of nitrogens with one attached hydrogen (secondary N) is 6. The number of guanidine groups is 1. The van der Waals surface area contributed by atoms with Gasteiger partial charge < -0.3 is 58.8 Å². The second-order valence-electron chi connectivity index (χ2n) is 13.1. The lowest BCUT2D eigenvalue weighted by molar-refractivity contribution is -0.143. The van der Waals surface area contributed by atoms with Crippen molar-refractivity contribution in [3.63, 3.8) is 0 Å². The van der Waals surface area contributed by atoms with E-state index < -0.39 is 90.5 Å². The van der Waals surface area contributed by atoms with Crippen LogP contribution in [0.2, 0.25) is 0 Å². The van der Waals surface area contributed by atoms with Crippen LogP contribution in [0.1, 0.15) is 44.1 Å². The molecular weight excluding hydrogens is 771 g/mol. The Morgan fingerprint density at radius 3 is 2.38 bits per heavy atom. The summed E-state index contributed by atoms with van der Waals surface area (Å²) in [5.74, 6) is -6.51. The third-order valence-corrected chi connectivity index (χ3v) is 11.4. The summed E-state index contributed by atoms with van der Waals surface area (Å²) in [5.41, 5.74) is 17.8. The van der Waals surface area contributed by atoms with Crippen molar-refractivity contribution in [1.29, 1.82) is 0 Å². The first-order valence-corrected chi connectivity index (χ1v) is 20.4. The Morgan fingerprint density at radius 1 is 0.893 bits per heavy atom. The van der Waals surface area contributed by atoms with Crippen LogP contribution in [-0.2, 0) is 44.8 Å². The first-order chi connectivity index (χ1) is 26.7. The lowest BCUT2D eigenvalue weighted by atomic mass is 10.0. The predicted octanol–water partition coefficient (Wildman–Crippen LogP) is -2.44. The number of aliphatic carboxylic acids is 1. The van der Waals surface area contributed by atoms with Crippen molar-refractivity contribution in [2.45, 2.75) is 75.2 Å². The van der Waals surface area contributed by atoms with E-state index >= 15 is 0 Å². The molecule has 0 saturated carbocycles. The predicted molar refractivity (Wildman–Crippen MR) is 208 cm³/mol. The first-order valence-electron chi connectivity index (χ1n) is 17.9. The van der Waals surface area contributed by atoms with Crippen molar-refractivity contribution in [3.05, 3.63) is 36.0 Å². The van der Waals surface area contributed by atoms with Crippen molar-refractivity contribution in [2.75, 3.05) is 31.1 Å². The van der Waals surface area contributed by atoms with E-state index in [0.717, 1.165) is 10.9 Å². The number of rotatable bonds is 9. The van der Waals surface area contributed by atoms with E-state index in [1.165, 1.54) is 26.5 Å². The standard InChI is InChI=1S/C34H47N11O9S2/c35-29(50)24-17-56-55-12-9-26(46)41-21(7-3-10-38-34(36)37)30(51)40-16-27(47)42-22(14-28(48)49)31(52)43-23(13-18-15-39-20-6-2-1-5-19(18)20)33(54)45-11-4-8-25(45)32(53)44-24/h1-2,5-6,15,21-25,39H,3-4,7-14,16-17H2,(H2,35,50)(H,40,51)(H,41,46)(H,42,47)(H,43,52)(H,44,53)(H,48,49)(H4,36,37,38)/t21?,22-,23-,24-,25-/m0/s1. The quantitative estimate of drug-likeness (QED) is 0.0545. The number of amides is 7. The number of carbonyl (C=O) groups excluding carboxylic acids is 7. The molecule has 7 amide bonds. The van der Waals surface area contributed by atoms with Crippen molar-refractivity contribution in [3.8, 4) is 0 Å². The SMILES string of the molecule is NC(=O)[C@@H]1CSSCCC(=O)NC(CCCN=C(N)N)C(=O)NCC(=O)N[C@@H](CC(=O)O)C(=O)N[C@@H](Cc2c[nH]c3ccccc23)C(=O)N2CCC[C@H]2C(=O)N1. The minimum Gasteiger partial charge on any atom is -0.481 e. The van der Waals surface area contributed by atoms with E-state index in [-0.39, 0.29) is 62.7 Å². The number of primary amides is 1. The van der Waals surface area contributed by atoms with Crippen molar-refractivity contribution in [1.82, 2.24) is 36.5 Å². The summed E-state index contributed by atoms with van der Waals surface area (Å²) in [4.78, 5) is 113. The van der Waals surface area contributed by atoms with Gasteiger partial charge in [0.2, 0.25) is 41.4 Å². The van der Waals surface area contributed by atoms with E-state index in [0.29, 0.717) is 12.0 Å². The van der Waals surface area contributed by atoms with Gasteiger partial charge in [-0.2, -0.15) is 0 Å². The minimum absolute atomic E-state index is 0.0335. The molecule has 0 aliphatic carbocycles. The van der Waals surface area contributed by atoms with Crippen LogP contribution in [0, 0.1) is 0 Å². The lowest BCUT2D eigenvalue weighted by Crippen LogP contribution is -2.59. The molecule has 2 fully saturated rings. The number of nitrogens with zero attached hydrogens (tertiary/aromatic N) is 2. The maximum atomic E-state index is 14.3. The number of aromatic amines is 1. The lowest BCUT2D eigenvalue weighted by Gasteiger charge is -2.30. The summed E-state index contributed by atoms with van der Waals surface area (Å²) in [6.45, 7) is -0.380. The third kappa shape index (κ3) is 12.8. The molecule has 1 aromatic heterocycles. The number of hydrogen-bond acceptors (Lipinski definition) is 11. The van der Waals surface area contributed by atoms with Crippen LogP contribution in [0.15, 0.2) is 35.5 Å². The van der Waals surface area contributed by atoms with Crippen LogP contribution in [0.4, 0.5) is 0 Å². The van der Waals surface area contributed by atoms with Gasteiger partial charge in [0.25, 0.3) is 0 Å². The fourth-order valence-corrected chi connectivity index (χ4v) is 8.39. The fourth-order valence-electron chi connectivity index (χ4n) is 6.23. The summed E-state index contributed by atoms with van der Waals surface area (Å²) in [6, 6.07) is 1.01. The number of H-pyrrole nitrogens is 1. The molecule has 2 saturated heterocycles. The number of carbonyl (C=O) groups is 8. The van der Waals surface area contributed by atoms with Crippen LogP contribution in [0.5, 0.6) is 0 Å². The number of para-hydroxylation sites is 1. The number of aliphatic imine (C=N–C) groups is 1. The number of aromatic nitrogens is 1. The molecule has 3 heterocycles. The molecule has 2 aliphatic heterocycles. The molecule has 22 heteroatoms. The van der Waals surface area contributed by atoms with Gasteiger partial charge in [0.15, 0.2) is 5.96 Å². The summed E-state index contributed by atoms with van der Waals surface area (Å²) in [7, 11) is 2.43. The smallest absolute Gasteiger partial charge is 0.305 e. The molecular formula is C34H47N11O9S2. The van der Waals surface area contributed by atoms with Crippen LogP contribution < -0.4 is 43.8 Å². The average Bonchev–Trinajstić information content (AvgIpc) is 3.81. The van der Waals surface area contributed by atoms with Crippen LogP contribution >= 0.6 is 21.6 Å². The zero-order valence-corrected chi connectivity index (χ0v) is 32.0. The first kappa shape index (κ1) is 43.2. The van der Waals surface area contributed by atoms with E-state index in [2.05, 4.69) is 36.6 Å². The fraction of sp³-hybridized carbons (Fsp3) is 0.500. The molecule has 2 aromatic rings. The molecule has 2 aliphatic rings. The molecule has 4 rings (SSSR count). The Bertz CT molecular complexity index is 1820. The Morgan fingerprint density at radius 2 is 1.64 bits per heavy atom. The minimum atomic E-state index is -1.68. The van der Waals surface area contributed by atoms with Gasteiger partial charge in [-0.1, -0.05) is 39.8 Å². The van der Waals surface area contributed by atoms with Gasteiger partial charge in [0.1, 0.15) is 30.2 Å². The molecule has 20 nitrogen and oxygen atoms in total. The highest BCUT2D eigenvalue weighted by Crippen LogP contribution is 2.25. The highest BCUT2D eigenvalue weighted by atomic mass is 33.1. The monoisotopic (exact) mass is 817 g/mol. The number of nitrogens with two attached hydrogens (primary N) is 3. The van der Waals surface area contributed by atoms with Gasteiger partial charge in [0, 0.05) is 54.5 Å². The summed E-state index contributed by atoms with van der Waals surface area (Å²) in [6.07, 6.45) is 1.76. The van der Waals surface area contributed by atoms with Gasteiger partial charge in [-0.25, -0.2) is 0 Å². The van der Waals surface area contributed by atoms with Crippen molar-refractivity contribution < 1.29 is 43.5 Å². The van der Waals surface area contributed by atoms with Crippen LogP contribution in [0.25, 0.3) is 10.9 Å². The number of carboxylic acids is 1. The van der Waals surface area contributed by atoms with Gasteiger partial charge in [-0.15, -0.1) is 0 Å². The van der Waals surface area contributed by atoms with E-state index in [1.807, 2.05) is 18.2 Å². The van der Waals surface area contributed by atoms with Gasteiger partial charge >= 0.3 is 5.97 Å². The molecule has 13 N–H and O–H groups in total. The summed E-state index contributed by atoms with van der Waals surface area (Å²) >= 11 is 0. The molecule has 304 valence electrons. The number of carboxylic acid groups (broad SMARTS) is 1. The third-order valence-electron chi connectivity index (χ3n) is 8.99. The molecule has 0 bridgehead atoms. The molecule has 1 unspecified atom stereocenters. The highest BCUT2D eigenvalue weighted by molar-refractivity contribution is 8.76. The molecule has 0 spiro atoms. The van der Waals surface area contributed by atoms with Crippen LogP contribution in [-0.4, -0.2) is 130 Å². The Kier molecular flexibility index (Phi) is 16.2. The summed E-state index contributed by atoms with van der Waals surface area (Å²) < 4.78 is 0. The Balaban J connectivity index is 1.63. The maximum absolute atomic E-state index is 14.3. The molecule has 1 aromatic carbocycles. The second kappa shape index (κ2) is 21.0. The second-order valence-corrected chi connectivity index (χ2v) is 15.8. The normalized spacial score (nSPS) is 23.9. The van der Waals surface area contributed by atoms with E-state index in [9.17, 15) is 43.5 Å². The number of fused-ring (bicyclic) bond motifs is 2.